The van der Waals surface area contributed by atoms with Crippen LogP contribution >= 0.6 is 0 Å². The molecular formula is C14H18O3. The number of aliphatic hydroxyl groups excluding tert-OH is 1. The van der Waals surface area contributed by atoms with E-state index < -0.39 is 6.10 Å². The zero-order valence-corrected chi connectivity index (χ0v) is 10.1. The van der Waals surface area contributed by atoms with Gasteiger partial charge in [-0.25, -0.2) is 0 Å². The molecule has 0 aliphatic heterocycles. The van der Waals surface area contributed by atoms with Gasteiger partial charge in [-0.15, -0.1) is 0 Å². The van der Waals surface area contributed by atoms with Crippen molar-refractivity contribution >= 4 is 0 Å². The topological polar surface area (TPSA) is 38.7 Å². The van der Waals surface area contributed by atoms with Gasteiger partial charge in [0.2, 0.25) is 0 Å². The van der Waals surface area contributed by atoms with Crippen LogP contribution in [0.25, 0.3) is 0 Å². The highest BCUT2D eigenvalue weighted by Crippen LogP contribution is 2.30. The van der Waals surface area contributed by atoms with Gasteiger partial charge in [-0.1, -0.05) is 31.4 Å². The van der Waals surface area contributed by atoms with Crippen molar-refractivity contribution in [1.82, 2.24) is 0 Å². The Morgan fingerprint density at radius 2 is 1.76 bits per heavy atom. The van der Waals surface area contributed by atoms with Crippen LogP contribution in [0.5, 0.6) is 11.5 Å². The van der Waals surface area contributed by atoms with E-state index in [-0.39, 0.29) is 0 Å². The van der Waals surface area contributed by atoms with Crippen molar-refractivity contribution in [2.24, 2.45) is 0 Å². The van der Waals surface area contributed by atoms with Crippen molar-refractivity contribution in [2.45, 2.75) is 13.0 Å². The number of ether oxygens (including phenoxy) is 2. The van der Waals surface area contributed by atoms with Gasteiger partial charge >= 0.3 is 0 Å². The summed E-state index contributed by atoms with van der Waals surface area (Å²) in [6.07, 6.45) is 2.79. The molecule has 1 aromatic rings. The Balaban J connectivity index is 2.93. The highest BCUT2D eigenvalue weighted by atomic mass is 16.5. The van der Waals surface area contributed by atoms with Gasteiger partial charge in [0, 0.05) is 0 Å². The molecule has 1 rings (SSSR count). The van der Waals surface area contributed by atoms with E-state index in [2.05, 4.69) is 13.2 Å². The first-order chi connectivity index (χ1) is 8.19. The van der Waals surface area contributed by atoms with Crippen LogP contribution in [-0.2, 0) is 0 Å². The standard InChI is InChI=1S/C14H18O3/c1-4-8-16-13-7-6-12(11(3)15)10-14(13)17-9-5-2/h4-7,10-11,15H,1-2,8-9H2,3H3. The Labute approximate surface area is 102 Å². The van der Waals surface area contributed by atoms with Crippen LogP contribution in [0.2, 0.25) is 0 Å². The van der Waals surface area contributed by atoms with Crippen LogP contribution in [0.15, 0.2) is 43.5 Å². The molecule has 1 unspecified atom stereocenters. The molecule has 0 aliphatic rings. The Morgan fingerprint density at radius 3 is 2.29 bits per heavy atom. The minimum Gasteiger partial charge on any atom is -0.486 e. The molecule has 0 bridgehead atoms. The van der Waals surface area contributed by atoms with Crippen LogP contribution in [0.3, 0.4) is 0 Å². The Kier molecular flexibility index (Phi) is 5.30. The molecular weight excluding hydrogens is 216 g/mol. The molecule has 0 saturated heterocycles. The third-order valence-electron chi connectivity index (χ3n) is 2.16. The molecule has 0 fully saturated rings. The third-order valence-corrected chi connectivity index (χ3v) is 2.16. The predicted octanol–water partition coefficient (Wildman–Crippen LogP) is 2.87. The van der Waals surface area contributed by atoms with E-state index in [1.807, 2.05) is 6.07 Å². The highest BCUT2D eigenvalue weighted by Gasteiger charge is 2.08. The zero-order valence-electron chi connectivity index (χ0n) is 10.1. The summed E-state index contributed by atoms with van der Waals surface area (Å²) in [5.41, 5.74) is 0.787. The fourth-order valence-electron chi connectivity index (χ4n) is 1.31. The van der Waals surface area contributed by atoms with Gasteiger partial charge < -0.3 is 14.6 Å². The molecule has 0 saturated carbocycles. The van der Waals surface area contributed by atoms with E-state index in [4.69, 9.17) is 9.47 Å². The van der Waals surface area contributed by atoms with Crippen molar-refractivity contribution in [3.05, 3.63) is 49.1 Å². The zero-order chi connectivity index (χ0) is 12.7. The number of hydrogen-bond donors (Lipinski definition) is 1. The van der Waals surface area contributed by atoms with Crippen LogP contribution in [0, 0.1) is 0 Å². The Hall–Kier alpha value is -1.74. The second kappa shape index (κ2) is 6.76. The lowest BCUT2D eigenvalue weighted by Gasteiger charge is -2.13. The minimum absolute atomic E-state index is 0.397. The average Bonchev–Trinajstić information content (AvgIpc) is 2.34. The quantitative estimate of drug-likeness (QED) is 0.737. The molecule has 3 nitrogen and oxygen atoms in total. The summed E-state index contributed by atoms with van der Waals surface area (Å²) in [5, 5.41) is 9.51. The van der Waals surface area contributed by atoms with Crippen LogP contribution in [0.4, 0.5) is 0 Å². The molecule has 0 amide bonds. The molecule has 1 N–H and O–H groups in total. The minimum atomic E-state index is -0.533. The highest BCUT2D eigenvalue weighted by molar-refractivity contribution is 5.43. The number of rotatable bonds is 7. The molecule has 1 atom stereocenters. The second-order valence-corrected chi connectivity index (χ2v) is 3.58. The fourth-order valence-corrected chi connectivity index (χ4v) is 1.31. The van der Waals surface area contributed by atoms with Gasteiger partial charge in [-0.05, 0) is 24.6 Å². The van der Waals surface area contributed by atoms with Crippen molar-refractivity contribution in [1.29, 1.82) is 0 Å². The predicted molar refractivity (Wildman–Crippen MR) is 68.5 cm³/mol. The molecule has 3 heteroatoms. The summed E-state index contributed by atoms with van der Waals surface area (Å²) < 4.78 is 10.9. The van der Waals surface area contributed by atoms with Gasteiger partial charge in [0.1, 0.15) is 13.2 Å². The number of hydrogen-bond acceptors (Lipinski definition) is 3. The summed E-state index contributed by atoms with van der Waals surface area (Å²) >= 11 is 0. The number of benzene rings is 1. The lowest BCUT2D eigenvalue weighted by atomic mass is 10.1. The van der Waals surface area contributed by atoms with Gasteiger partial charge in [0.25, 0.3) is 0 Å². The lowest BCUT2D eigenvalue weighted by Crippen LogP contribution is -2.01. The molecule has 0 radical (unpaired) electrons. The van der Waals surface area contributed by atoms with Crippen molar-refractivity contribution in [3.8, 4) is 11.5 Å². The first-order valence-corrected chi connectivity index (χ1v) is 5.48. The van der Waals surface area contributed by atoms with Gasteiger partial charge in [0.15, 0.2) is 11.5 Å². The number of aliphatic hydroxyl groups is 1. The molecule has 1 aromatic carbocycles. The Bertz CT molecular complexity index is 383. The van der Waals surface area contributed by atoms with E-state index >= 15 is 0 Å². The fraction of sp³-hybridized carbons (Fsp3) is 0.286. The molecule has 0 heterocycles. The van der Waals surface area contributed by atoms with E-state index in [9.17, 15) is 5.11 Å². The summed E-state index contributed by atoms with van der Waals surface area (Å²) in [5.74, 6) is 1.24. The second-order valence-electron chi connectivity index (χ2n) is 3.58. The van der Waals surface area contributed by atoms with Gasteiger partial charge in [0.05, 0.1) is 6.10 Å². The summed E-state index contributed by atoms with van der Waals surface area (Å²) in [7, 11) is 0. The van der Waals surface area contributed by atoms with E-state index in [1.165, 1.54) is 0 Å². The summed E-state index contributed by atoms with van der Waals surface area (Å²) in [4.78, 5) is 0. The molecule has 92 valence electrons. The van der Waals surface area contributed by atoms with E-state index in [0.717, 1.165) is 5.56 Å². The SMILES string of the molecule is C=CCOc1ccc(C(C)O)cc1OCC=C. The first-order valence-electron chi connectivity index (χ1n) is 5.48. The molecule has 0 spiro atoms. The van der Waals surface area contributed by atoms with E-state index in [1.54, 1.807) is 31.2 Å². The summed E-state index contributed by atoms with van der Waals surface area (Å²) in [6.45, 7) is 9.70. The monoisotopic (exact) mass is 234 g/mol. The van der Waals surface area contributed by atoms with Crippen molar-refractivity contribution in [2.75, 3.05) is 13.2 Å². The van der Waals surface area contributed by atoms with Gasteiger partial charge in [-0.3, -0.25) is 0 Å². The smallest absolute Gasteiger partial charge is 0.162 e. The summed E-state index contributed by atoms with van der Waals surface area (Å²) in [6, 6.07) is 5.36. The van der Waals surface area contributed by atoms with Crippen molar-refractivity contribution < 1.29 is 14.6 Å². The van der Waals surface area contributed by atoms with E-state index in [0.29, 0.717) is 24.7 Å². The molecule has 0 aromatic heterocycles. The van der Waals surface area contributed by atoms with Crippen LogP contribution in [0.1, 0.15) is 18.6 Å². The maximum absolute atomic E-state index is 9.51. The largest absolute Gasteiger partial charge is 0.486 e. The normalized spacial score (nSPS) is 11.6. The lowest BCUT2D eigenvalue weighted by molar-refractivity contribution is 0.198. The average molecular weight is 234 g/mol. The van der Waals surface area contributed by atoms with Gasteiger partial charge in [-0.2, -0.15) is 0 Å². The third kappa shape index (κ3) is 3.96. The maximum atomic E-state index is 9.51. The molecule has 17 heavy (non-hydrogen) atoms. The Morgan fingerprint density at radius 1 is 1.18 bits per heavy atom. The first kappa shape index (κ1) is 13.3. The van der Waals surface area contributed by atoms with Crippen LogP contribution in [-0.4, -0.2) is 18.3 Å². The van der Waals surface area contributed by atoms with Crippen molar-refractivity contribution in [3.63, 3.8) is 0 Å². The maximum Gasteiger partial charge on any atom is 0.162 e. The van der Waals surface area contributed by atoms with Crippen LogP contribution < -0.4 is 9.47 Å². The molecule has 0 aliphatic carbocycles.